The quantitative estimate of drug-likeness (QED) is 0.0153. The summed E-state index contributed by atoms with van der Waals surface area (Å²) in [5.74, 6) is -14.9. The minimum atomic E-state index is -1.78. The van der Waals surface area contributed by atoms with Gasteiger partial charge in [-0.05, 0) is 160 Å². The van der Waals surface area contributed by atoms with E-state index in [2.05, 4.69) is 79.4 Å². The van der Waals surface area contributed by atoms with Gasteiger partial charge in [-0.3, -0.25) is 76.9 Å². The molecule has 2 saturated heterocycles. The zero-order valence-electron chi connectivity index (χ0n) is 65.7. The highest BCUT2D eigenvalue weighted by molar-refractivity contribution is 6.00. The van der Waals surface area contributed by atoms with E-state index >= 15 is 0 Å². The van der Waals surface area contributed by atoms with Gasteiger partial charge in [0.05, 0.1) is 31.8 Å². The molecule has 2 heterocycles. The van der Waals surface area contributed by atoms with Crippen LogP contribution in [0.4, 0.5) is 0 Å². The van der Waals surface area contributed by atoms with Crippen molar-refractivity contribution in [3.8, 4) is 0 Å². The van der Waals surface area contributed by atoms with Crippen LogP contribution in [0.15, 0.2) is 4.99 Å². The zero-order valence-corrected chi connectivity index (χ0v) is 65.7. The lowest BCUT2D eigenvalue weighted by molar-refractivity contribution is -0.142. The van der Waals surface area contributed by atoms with Crippen molar-refractivity contribution in [1.29, 1.82) is 0 Å². The number of guanidine groups is 1. The van der Waals surface area contributed by atoms with Crippen LogP contribution in [0.25, 0.3) is 0 Å². The summed E-state index contributed by atoms with van der Waals surface area (Å²) in [5, 5.41) is 74.3. The Morgan fingerprint density at radius 2 is 0.909 bits per heavy atom. The molecule has 40 heteroatoms. The molecular formula is C70H126N20O20. The van der Waals surface area contributed by atoms with Gasteiger partial charge >= 0.3 is 5.97 Å². The number of nitrogens with two attached hydrogens (primary N) is 4. The Kier molecular flexibility index (Phi) is 46.5. The Morgan fingerprint density at radius 1 is 0.473 bits per heavy atom. The standard InChI is InChI=1S/C68H122N20O18.C2H4O2/c1-35(2)29-46(83-57(95)42-21-16-26-73-42)60(98)77-40(10)56(94)81-44(22-17-27-74-68(71)72)59(97)87-54(41(11)90)65(103)84-47(30-36(3)4)61(99)85-49(34-89)62(100)86-53(38(7)8)64(102)78-39(9)55(93)75-32-52(92)80-48(31-37(5)6)66(104)88-28-18-23-50(88)63(101)76-33-51(91)79-43(19-12-14-24-69)58(96)82-45(67(105)106)20-13-15-25-70;1-2(3)4/h35-50,53-54,73,89-90H,12-34,69-70H2,1-11H3,(H,75,93)(H,76,101)(H,77,98)(H,78,102)(H,79,91)(H,80,92)(H,81,94)(H,82,96)(H,83,95)(H,84,103)(H,85,99)(H,86,100)(H,87,97)(H,105,106)(H4,71,72,74);1H3,(H,3,4). The summed E-state index contributed by atoms with van der Waals surface area (Å²) in [6.07, 6.45) is 2.76. The summed E-state index contributed by atoms with van der Waals surface area (Å²) in [5.41, 5.74) is 22.2. The van der Waals surface area contributed by atoms with E-state index in [1.165, 1.54) is 25.7 Å². The SMILES string of the molecule is CC(=O)O.CC(C)CC(NC(=O)C1CCCN1)C(=O)NC(C)C(=O)NC(CCCN=C(N)N)C(=O)NC(C(=O)NC(CC(C)C)C(=O)NC(CO)C(=O)NC(C(=O)NC(C)C(=O)NCC(=O)NC(CC(C)C)C(=O)N1CCCC1C(=O)NCC(=O)NC(CCCCN)C(=O)NC(CCCCN)C(=O)O)C(C)C)C(C)O. The topological polar surface area (TPSA) is 642 Å². The van der Waals surface area contributed by atoms with E-state index in [0.29, 0.717) is 58.2 Å². The number of hydrogen-bond acceptors (Lipinski definition) is 22. The van der Waals surface area contributed by atoms with Crippen LogP contribution in [0.3, 0.4) is 0 Å². The molecule has 14 atom stereocenters. The Labute approximate surface area is 642 Å². The number of hydrogen-bond donors (Lipinski definition) is 22. The highest BCUT2D eigenvalue weighted by Gasteiger charge is 2.40. The van der Waals surface area contributed by atoms with Gasteiger partial charge in [0.15, 0.2) is 5.96 Å². The second-order valence-corrected chi connectivity index (χ2v) is 29.2. The second kappa shape index (κ2) is 51.9. The van der Waals surface area contributed by atoms with Crippen molar-refractivity contribution in [2.45, 2.75) is 264 Å². The third-order valence-corrected chi connectivity index (χ3v) is 17.4. The first kappa shape index (κ1) is 98.6. The predicted octanol–water partition coefficient (Wildman–Crippen LogP) is -6.01. The van der Waals surface area contributed by atoms with Gasteiger partial charge in [-0.2, -0.15) is 0 Å². The molecule has 0 saturated carbocycles. The van der Waals surface area contributed by atoms with Crippen molar-refractivity contribution in [1.82, 2.24) is 79.3 Å². The van der Waals surface area contributed by atoms with E-state index in [4.69, 9.17) is 32.8 Å². The third-order valence-electron chi connectivity index (χ3n) is 17.4. The van der Waals surface area contributed by atoms with Crippen LogP contribution in [0.1, 0.15) is 179 Å². The number of amides is 14. The molecule has 0 radical (unpaired) electrons. The maximum atomic E-state index is 14.2. The molecule has 2 aliphatic heterocycles. The molecule has 0 aliphatic carbocycles. The zero-order chi connectivity index (χ0) is 83.7. The molecule has 14 amide bonds. The van der Waals surface area contributed by atoms with E-state index in [1.54, 1.807) is 41.5 Å². The summed E-state index contributed by atoms with van der Waals surface area (Å²) in [7, 11) is 0. The minimum absolute atomic E-state index is 0.00982. The van der Waals surface area contributed by atoms with E-state index in [-0.39, 0.29) is 94.1 Å². The van der Waals surface area contributed by atoms with Gasteiger partial charge in [0.2, 0.25) is 82.7 Å². The largest absolute Gasteiger partial charge is 0.481 e. The summed E-state index contributed by atoms with van der Waals surface area (Å²) in [4.78, 5) is 217. The maximum absolute atomic E-state index is 14.2. The van der Waals surface area contributed by atoms with Crippen LogP contribution in [-0.4, -0.2) is 263 Å². The van der Waals surface area contributed by atoms with Gasteiger partial charge in [-0.15, -0.1) is 0 Å². The Hall–Kier alpha value is -9.41. The molecule has 2 fully saturated rings. The molecule has 40 nitrogen and oxygen atoms in total. The van der Waals surface area contributed by atoms with Crippen LogP contribution < -0.4 is 97.4 Å². The number of aliphatic carboxylic acids is 2. The third kappa shape index (κ3) is 38.3. The number of rotatable bonds is 49. The molecule has 26 N–H and O–H groups in total. The van der Waals surface area contributed by atoms with Crippen LogP contribution in [-0.2, 0) is 76.7 Å². The minimum Gasteiger partial charge on any atom is -0.481 e. The second-order valence-electron chi connectivity index (χ2n) is 29.2. The maximum Gasteiger partial charge on any atom is 0.326 e. The van der Waals surface area contributed by atoms with Crippen molar-refractivity contribution in [2.24, 2.45) is 51.6 Å². The molecule has 2 aliphatic rings. The summed E-state index contributed by atoms with van der Waals surface area (Å²) in [6.45, 7) is 17.9. The van der Waals surface area contributed by atoms with Gasteiger partial charge < -0.3 is 123 Å². The van der Waals surface area contributed by atoms with E-state index in [1.807, 2.05) is 13.8 Å². The van der Waals surface area contributed by atoms with Gasteiger partial charge in [-0.25, -0.2) is 4.79 Å². The fourth-order valence-electron chi connectivity index (χ4n) is 11.7. The lowest BCUT2D eigenvalue weighted by Crippen LogP contribution is -2.62. The smallest absolute Gasteiger partial charge is 0.326 e. The Balaban J connectivity index is 0.0000147. The Morgan fingerprint density at radius 3 is 1.43 bits per heavy atom. The molecule has 626 valence electrons. The molecule has 14 unspecified atom stereocenters. The highest BCUT2D eigenvalue weighted by Crippen LogP contribution is 2.21. The van der Waals surface area contributed by atoms with Crippen LogP contribution >= 0.6 is 0 Å². The van der Waals surface area contributed by atoms with Gasteiger partial charge in [0, 0.05) is 20.0 Å². The monoisotopic (exact) mass is 1570 g/mol. The van der Waals surface area contributed by atoms with Gasteiger partial charge in [-0.1, -0.05) is 55.4 Å². The first-order valence-corrected chi connectivity index (χ1v) is 37.7. The number of nitrogens with zero attached hydrogens (tertiary/aromatic N) is 2. The van der Waals surface area contributed by atoms with Crippen LogP contribution in [0.5, 0.6) is 0 Å². The van der Waals surface area contributed by atoms with Crippen molar-refractivity contribution in [3.63, 3.8) is 0 Å². The lowest BCUT2D eigenvalue weighted by atomic mass is 10.0. The number of aliphatic imine (C=N–C) groups is 1. The first-order chi connectivity index (χ1) is 51.6. The van der Waals surface area contributed by atoms with Crippen molar-refractivity contribution in [2.75, 3.05) is 52.4 Å². The molecule has 0 bridgehead atoms. The molecular weight excluding hydrogens is 1440 g/mol. The van der Waals surface area contributed by atoms with E-state index < -0.39 is 199 Å². The molecule has 0 aromatic carbocycles. The number of carboxylic acids is 2. The summed E-state index contributed by atoms with van der Waals surface area (Å²) in [6, 6.07) is -16.5. The molecule has 110 heavy (non-hydrogen) atoms. The summed E-state index contributed by atoms with van der Waals surface area (Å²) >= 11 is 0. The Bertz CT molecular complexity index is 3070. The highest BCUT2D eigenvalue weighted by atomic mass is 16.4. The number of carbonyl (C=O) groups is 16. The van der Waals surface area contributed by atoms with E-state index in [9.17, 15) is 87.2 Å². The number of carbonyl (C=O) groups excluding carboxylic acids is 14. The number of likely N-dealkylation sites (tertiary alicyclic amines) is 1. The van der Waals surface area contributed by atoms with Crippen molar-refractivity contribution in [3.05, 3.63) is 0 Å². The fraction of sp³-hybridized carbons (Fsp3) is 0.757. The van der Waals surface area contributed by atoms with Crippen LogP contribution in [0.2, 0.25) is 0 Å². The van der Waals surface area contributed by atoms with Gasteiger partial charge in [0.25, 0.3) is 5.97 Å². The number of nitrogens with one attached hydrogen (secondary N) is 14. The number of aliphatic hydroxyl groups excluding tert-OH is 2. The molecule has 2 rings (SSSR count). The van der Waals surface area contributed by atoms with E-state index in [0.717, 1.165) is 13.3 Å². The molecule has 0 aromatic rings. The molecule has 0 aromatic heterocycles. The fourth-order valence-corrected chi connectivity index (χ4v) is 11.7. The number of unbranched alkanes of at least 4 members (excludes halogenated alkanes) is 2. The normalized spacial score (nSPS) is 17.1. The van der Waals surface area contributed by atoms with Crippen molar-refractivity contribution < 1.29 is 97.1 Å². The predicted molar refractivity (Wildman–Crippen MR) is 403 cm³/mol. The molecule has 0 spiro atoms. The summed E-state index contributed by atoms with van der Waals surface area (Å²) < 4.78 is 0. The van der Waals surface area contributed by atoms with Gasteiger partial charge in [0.1, 0.15) is 72.5 Å². The average molecular weight is 1570 g/mol. The van der Waals surface area contributed by atoms with Crippen molar-refractivity contribution >= 4 is 101 Å². The first-order valence-electron chi connectivity index (χ1n) is 37.7. The number of carboxylic acid groups (broad SMARTS) is 2. The average Bonchev–Trinajstić information content (AvgIpc) is 1.62. The lowest BCUT2D eigenvalue weighted by Gasteiger charge is -2.29. The number of aliphatic hydroxyl groups is 2. The van der Waals surface area contributed by atoms with Crippen LogP contribution in [0, 0.1) is 23.7 Å².